The van der Waals surface area contributed by atoms with Gasteiger partial charge in [0.15, 0.2) is 0 Å². The van der Waals surface area contributed by atoms with Gasteiger partial charge in [-0.2, -0.15) is 0 Å². The minimum Gasteiger partial charge on any atom is -0.367 e. The fourth-order valence-corrected chi connectivity index (χ4v) is 0.471. The number of carbonyl (C=O) groups is 2. The molecule has 4 N–H and O–H groups in total. The van der Waals surface area contributed by atoms with Gasteiger partial charge < -0.3 is 16.2 Å². The van der Waals surface area contributed by atoms with E-state index in [2.05, 4.69) is 4.74 Å². The Balaban J connectivity index is 3.98. The second kappa shape index (κ2) is 3.84. The van der Waals surface area contributed by atoms with Crippen molar-refractivity contribution >= 4 is 11.8 Å². The van der Waals surface area contributed by atoms with Gasteiger partial charge in [-0.15, -0.1) is 0 Å². The molecule has 0 aliphatic carbocycles. The van der Waals surface area contributed by atoms with Gasteiger partial charge in [0, 0.05) is 6.61 Å². The quantitative estimate of drug-likeness (QED) is 0.466. The van der Waals surface area contributed by atoms with Crippen LogP contribution in [0.1, 0.15) is 6.92 Å². The number of nitrogens with two attached hydrogens (primary N) is 2. The van der Waals surface area contributed by atoms with E-state index < -0.39 is 17.9 Å². The lowest BCUT2D eigenvalue weighted by Gasteiger charge is -2.07. The van der Waals surface area contributed by atoms with Crippen LogP contribution in [0.4, 0.5) is 0 Å². The van der Waals surface area contributed by atoms with Gasteiger partial charge in [-0.3, -0.25) is 9.59 Å². The van der Waals surface area contributed by atoms with E-state index in [1.54, 1.807) is 6.92 Å². The Hall–Kier alpha value is -1.10. The van der Waals surface area contributed by atoms with Crippen molar-refractivity contribution < 1.29 is 14.3 Å². The number of ether oxygens (including phenoxy) is 1. The van der Waals surface area contributed by atoms with E-state index in [0.29, 0.717) is 0 Å². The molecule has 0 saturated heterocycles. The van der Waals surface area contributed by atoms with Crippen molar-refractivity contribution in [2.24, 2.45) is 11.5 Å². The predicted octanol–water partition coefficient (Wildman–Crippen LogP) is -1.64. The zero-order valence-electron chi connectivity index (χ0n) is 5.66. The van der Waals surface area contributed by atoms with E-state index in [9.17, 15) is 9.59 Å². The topological polar surface area (TPSA) is 95.4 Å². The zero-order valence-corrected chi connectivity index (χ0v) is 5.66. The Morgan fingerprint density at radius 2 is 1.80 bits per heavy atom. The minimum atomic E-state index is -1.29. The van der Waals surface area contributed by atoms with Gasteiger partial charge >= 0.3 is 0 Å². The highest BCUT2D eigenvalue weighted by Crippen LogP contribution is 1.87. The lowest BCUT2D eigenvalue weighted by molar-refractivity contribution is -0.141. The van der Waals surface area contributed by atoms with Gasteiger partial charge in [0.1, 0.15) is 0 Å². The van der Waals surface area contributed by atoms with E-state index in [0.717, 1.165) is 0 Å². The first kappa shape index (κ1) is 8.90. The lowest BCUT2D eigenvalue weighted by atomic mass is 10.3. The van der Waals surface area contributed by atoms with Crippen molar-refractivity contribution in [1.82, 2.24) is 0 Å². The molecule has 0 radical (unpaired) electrons. The summed E-state index contributed by atoms with van der Waals surface area (Å²) in [5, 5.41) is 0. The third-order valence-corrected chi connectivity index (χ3v) is 0.850. The van der Waals surface area contributed by atoms with Crippen LogP contribution in [-0.2, 0) is 14.3 Å². The number of hydrogen-bond acceptors (Lipinski definition) is 3. The average molecular weight is 146 g/mol. The van der Waals surface area contributed by atoms with E-state index >= 15 is 0 Å². The summed E-state index contributed by atoms with van der Waals surface area (Å²) in [6.07, 6.45) is -1.29. The summed E-state index contributed by atoms with van der Waals surface area (Å²) < 4.78 is 4.62. The maximum Gasteiger partial charge on any atom is 0.256 e. The van der Waals surface area contributed by atoms with Gasteiger partial charge in [-0.25, -0.2) is 0 Å². The van der Waals surface area contributed by atoms with Crippen LogP contribution < -0.4 is 11.5 Å². The SMILES string of the molecule is CCOC(C(N)=O)C(N)=O. The maximum atomic E-state index is 10.3. The maximum absolute atomic E-state index is 10.3. The number of amides is 2. The molecular formula is C5H10N2O3. The molecule has 58 valence electrons. The van der Waals surface area contributed by atoms with Crippen molar-refractivity contribution in [3.63, 3.8) is 0 Å². The molecule has 0 unspecified atom stereocenters. The second-order valence-electron chi connectivity index (χ2n) is 1.64. The molecule has 0 aliphatic rings. The third-order valence-electron chi connectivity index (χ3n) is 0.850. The molecule has 0 aromatic carbocycles. The zero-order chi connectivity index (χ0) is 8.15. The Morgan fingerprint density at radius 1 is 1.40 bits per heavy atom. The molecule has 0 bridgehead atoms. The molecule has 2 amide bonds. The molecule has 0 atom stereocenters. The summed E-state index contributed by atoms with van der Waals surface area (Å²) >= 11 is 0. The number of hydrogen-bond donors (Lipinski definition) is 2. The Morgan fingerprint density at radius 3 is 1.90 bits per heavy atom. The summed E-state index contributed by atoms with van der Waals surface area (Å²) in [5.74, 6) is -1.70. The lowest BCUT2D eigenvalue weighted by Crippen LogP contribution is -2.42. The highest BCUT2D eigenvalue weighted by atomic mass is 16.5. The van der Waals surface area contributed by atoms with Gasteiger partial charge in [-0.05, 0) is 6.92 Å². The molecule has 5 nitrogen and oxygen atoms in total. The fourth-order valence-electron chi connectivity index (χ4n) is 0.471. The van der Waals surface area contributed by atoms with E-state index in [4.69, 9.17) is 11.5 Å². The number of primary amides is 2. The molecule has 0 saturated carbocycles. The van der Waals surface area contributed by atoms with Crippen molar-refractivity contribution in [2.45, 2.75) is 13.0 Å². The van der Waals surface area contributed by atoms with Crippen molar-refractivity contribution in [2.75, 3.05) is 6.61 Å². The summed E-state index contributed by atoms with van der Waals surface area (Å²) in [4.78, 5) is 20.7. The first-order valence-electron chi connectivity index (χ1n) is 2.79. The summed E-state index contributed by atoms with van der Waals surface area (Å²) in [6, 6.07) is 0. The minimum absolute atomic E-state index is 0.233. The largest absolute Gasteiger partial charge is 0.367 e. The van der Waals surface area contributed by atoms with Crippen LogP contribution in [-0.4, -0.2) is 24.5 Å². The Kier molecular flexibility index (Phi) is 3.42. The molecule has 0 heterocycles. The van der Waals surface area contributed by atoms with Gasteiger partial charge in [0.2, 0.25) is 6.10 Å². The summed E-state index contributed by atoms with van der Waals surface area (Å²) in [5.41, 5.74) is 9.52. The van der Waals surface area contributed by atoms with E-state index in [1.807, 2.05) is 0 Å². The van der Waals surface area contributed by atoms with Gasteiger partial charge in [0.25, 0.3) is 11.8 Å². The molecule has 0 aliphatic heterocycles. The first-order chi connectivity index (χ1) is 4.59. The highest BCUT2D eigenvalue weighted by molar-refractivity contribution is 6.01. The van der Waals surface area contributed by atoms with E-state index in [-0.39, 0.29) is 6.61 Å². The first-order valence-corrected chi connectivity index (χ1v) is 2.79. The number of rotatable bonds is 4. The molecule has 5 heteroatoms. The van der Waals surface area contributed by atoms with Crippen LogP contribution in [0.5, 0.6) is 0 Å². The molecule has 0 aromatic heterocycles. The number of carbonyl (C=O) groups excluding carboxylic acids is 2. The second-order valence-corrected chi connectivity index (χ2v) is 1.64. The average Bonchev–Trinajstić information content (AvgIpc) is 1.81. The van der Waals surface area contributed by atoms with Crippen molar-refractivity contribution in [3.8, 4) is 0 Å². The fraction of sp³-hybridized carbons (Fsp3) is 0.600. The standard InChI is InChI=1S/C5H10N2O3/c1-2-10-3(4(6)8)5(7)9/h3H,2H2,1H3,(H2,6,8)(H2,7,9). The Labute approximate surface area is 58.3 Å². The van der Waals surface area contributed by atoms with Crippen LogP contribution in [0, 0.1) is 0 Å². The van der Waals surface area contributed by atoms with Crippen LogP contribution in [0.15, 0.2) is 0 Å². The van der Waals surface area contributed by atoms with Crippen LogP contribution in [0.25, 0.3) is 0 Å². The molecule has 0 spiro atoms. The van der Waals surface area contributed by atoms with Crippen LogP contribution in [0.3, 0.4) is 0 Å². The molecule has 0 rings (SSSR count). The predicted molar refractivity (Wildman–Crippen MR) is 33.8 cm³/mol. The van der Waals surface area contributed by atoms with Crippen LogP contribution in [0.2, 0.25) is 0 Å². The van der Waals surface area contributed by atoms with Crippen molar-refractivity contribution in [3.05, 3.63) is 0 Å². The summed E-state index contributed by atoms with van der Waals surface area (Å²) in [6.45, 7) is 1.87. The van der Waals surface area contributed by atoms with E-state index in [1.165, 1.54) is 0 Å². The van der Waals surface area contributed by atoms with Gasteiger partial charge in [0.05, 0.1) is 0 Å². The highest BCUT2D eigenvalue weighted by Gasteiger charge is 2.20. The molecule has 10 heavy (non-hydrogen) atoms. The third kappa shape index (κ3) is 2.45. The van der Waals surface area contributed by atoms with Crippen LogP contribution >= 0.6 is 0 Å². The smallest absolute Gasteiger partial charge is 0.256 e. The molecule has 0 aromatic rings. The summed E-state index contributed by atoms with van der Waals surface area (Å²) in [7, 11) is 0. The molecular weight excluding hydrogens is 136 g/mol. The normalized spacial score (nSPS) is 9.80. The molecule has 0 fully saturated rings. The Bertz CT molecular complexity index is 132. The van der Waals surface area contributed by atoms with Gasteiger partial charge in [-0.1, -0.05) is 0 Å². The van der Waals surface area contributed by atoms with Crippen molar-refractivity contribution in [1.29, 1.82) is 0 Å². The monoisotopic (exact) mass is 146 g/mol.